The predicted molar refractivity (Wildman–Crippen MR) is 97.7 cm³/mol. The Morgan fingerprint density at radius 3 is 2.92 bits per heavy atom. The van der Waals surface area contributed by atoms with E-state index >= 15 is 0 Å². The molecule has 1 fully saturated rings. The summed E-state index contributed by atoms with van der Waals surface area (Å²) < 4.78 is 0. The molecule has 2 aliphatic rings. The molecule has 6 nitrogen and oxygen atoms in total. The highest BCUT2D eigenvalue weighted by Gasteiger charge is 2.28. The molecule has 2 aromatic rings. The van der Waals surface area contributed by atoms with Gasteiger partial charge in [0.1, 0.15) is 0 Å². The Hall–Kier alpha value is -2.72. The van der Waals surface area contributed by atoms with E-state index in [2.05, 4.69) is 16.4 Å². The number of hydrogen-bond acceptors (Lipinski definition) is 5. The topological polar surface area (TPSA) is 86.1 Å². The Kier molecular flexibility index (Phi) is 4.43. The Balaban J connectivity index is 1.46. The maximum atomic E-state index is 12.7. The van der Waals surface area contributed by atoms with Crippen LogP contribution in [0.4, 0.5) is 5.13 Å². The van der Waals surface area contributed by atoms with Gasteiger partial charge in [0.2, 0.25) is 5.91 Å². The van der Waals surface area contributed by atoms with Crippen molar-refractivity contribution in [2.45, 2.75) is 32.2 Å². The molecule has 132 valence electrons. The molecule has 0 spiro atoms. The number of nitrogens with zero attached hydrogens (tertiary/aromatic N) is 3. The summed E-state index contributed by atoms with van der Waals surface area (Å²) in [5, 5.41) is 12.6. The maximum absolute atomic E-state index is 12.7. The molecule has 4 rings (SSSR count). The van der Waals surface area contributed by atoms with E-state index in [1.165, 1.54) is 11.3 Å². The van der Waals surface area contributed by atoms with Crippen molar-refractivity contribution in [3.63, 3.8) is 0 Å². The molecule has 2 amide bonds. The lowest BCUT2D eigenvalue weighted by molar-refractivity contribution is -0.122. The fourth-order valence-electron chi connectivity index (χ4n) is 3.20. The van der Waals surface area contributed by atoms with Gasteiger partial charge in [0.05, 0.1) is 23.9 Å². The van der Waals surface area contributed by atoms with Crippen molar-refractivity contribution in [1.82, 2.24) is 9.88 Å². The molecule has 1 saturated carbocycles. The fraction of sp³-hybridized carbons (Fsp3) is 0.368. The number of hydrogen-bond donors (Lipinski definition) is 1. The predicted octanol–water partition coefficient (Wildman–Crippen LogP) is 2.95. The van der Waals surface area contributed by atoms with Crippen LogP contribution in [0.3, 0.4) is 0 Å². The largest absolute Gasteiger partial charge is 0.333 e. The molecule has 1 aromatic heterocycles. The van der Waals surface area contributed by atoms with Gasteiger partial charge < -0.3 is 10.2 Å². The summed E-state index contributed by atoms with van der Waals surface area (Å²) in [5.41, 5.74) is 1.97. The van der Waals surface area contributed by atoms with Gasteiger partial charge >= 0.3 is 0 Å². The molecule has 26 heavy (non-hydrogen) atoms. The van der Waals surface area contributed by atoms with Crippen LogP contribution in [-0.2, 0) is 17.8 Å². The molecule has 2 heterocycles. The number of fused-ring (bicyclic) bond motifs is 1. The SMILES string of the molecule is N#Cc1cccc(C(=O)N2CCc3nc(NC(=O)C4CCC4)sc3C2)c1. The summed E-state index contributed by atoms with van der Waals surface area (Å²) in [4.78, 5) is 32.1. The van der Waals surface area contributed by atoms with E-state index in [1.54, 1.807) is 29.2 Å². The first-order valence-electron chi connectivity index (χ1n) is 8.73. The van der Waals surface area contributed by atoms with Crippen LogP contribution in [0.15, 0.2) is 24.3 Å². The number of aromatic nitrogens is 1. The number of amides is 2. The van der Waals surface area contributed by atoms with Crippen molar-refractivity contribution in [3.8, 4) is 6.07 Å². The monoisotopic (exact) mass is 366 g/mol. The van der Waals surface area contributed by atoms with Gasteiger partial charge in [-0.1, -0.05) is 23.8 Å². The van der Waals surface area contributed by atoms with E-state index in [-0.39, 0.29) is 17.7 Å². The van der Waals surface area contributed by atoms with Gasteiger partial charge in [-0.25, -0.2) is 4.98 Å². The molecule has 1 N–H and O–H groups in total. The zero-order valence-electron chi connectivity index (χ0n) is 14.2. The standard InChI is InChI=1S/C19H18N4O2S/c20-10-12-3-1-6-14(9-12)18(25)23-8-7-15-16(11-23)26-19(21-15)22-17(24)13-4-2-5-13/h1,3,6,9,13H,2,4-5,7-8,11H2,(H,21,22,24). The summed E-state index contributed by atoms with van der Waals surface area (Å²) >= 11 is 1.45. The summed E-state index contributed by atoms with van der Waals surface area (Å²) in [6, 6.07) is 8.82. The van der Waals surface area contributed by atoms with Gasteiger partial charge in [-0.2, -0.15) is 5.26 Å². The highest BCUT2D eigenvalue weighted by atomic mass is 32.1. The number of rotatable bonds is 3. The molecule has 1 aromatic carbocycles. The lowest BCUT2D eigenvalue weighted by Crippen LogP contribution is -2.35. The number of carbonyl (C=O) groups excluding carboxylic acids is 2. The van der Waals surface area contributed by atoms with Gasteiger partial charge in [-0.3, -0.25) is 9.59 Å². The summed E-state index contributed by atoms with van der Waals surface area (Å²) in [5.74, 6) is 0.103. The van der Waals surface area contributed by atoms with Crippen LogP contribution in [0.2, 0.25) is 0 Å². The molecule has 1 aliphatic carbocycles. The van der Waals surface area contributed by atoms with Crippen LogP contribution in [0.25, 0.3) is 0 Å². The number of nitrogens with one attached hydrogen (secondary N) is 1. The first kappa shape index (κ1) is 16.7. The molecule has 1 aliphatic heterocycles. The van der Waals surface area contributed by atoms with Crippen LogP contribution >= 0.6 is 11.3 Å². The third kappa shape index (κ3) is 3.20. The Morgan fingerprint density at radius 1 is 1.35 bits per heavy atom. The molecular formula is C19H18N4O2S. The smallest absolute Gasteiger partial charge is 0.254 e. The van der Waals surface area contributed by atoms with Crippen molar-refractivity contribution < 1.29 is 9.59 Å². The highest BCUT2D eigenvalue weighted by molar-refractivity contribution is 7.15. The van der Waals surface area contributed by atoms with Crippen LogP contribution in [0.5, 0.6) is 0 Å². The van der Waals surface area contributed by atoms with Gasteiger partial charge in [-0.05, 0) is 31.0 Å². The third-order valence-electron chi connectivity index (χ3n) is 4.96. The minimum atomic E-state index is -0.0822. The van der Waals surface area contributed by atoms with Crippen LogP contribution < -0.4 is 5.32 Å². The average molecular weight is 366 g/mol. The maximum Gasteiger partial charge on any atom is 0.254 e. The normalized spacial score (nSPS) is 16.3. The minimum Gasteiger partial charge on any atom is -0.333 e. The van der Waals surface area contributed by atoms with Crippen LogP contribution in [0, 0.1) is 17.2 Å². The van der Waals surface area contributed by atoms with E-state index in [0.717, 1.165) is 29.8 Å². The van der Waals surface area contributed by atoms with Crippen molar-refractivity contribution in [1.29, 1.82) is 5.26 Å². The van der Waals surface area contributed by atoms with Gasteiger partial charge in [0, 0.05) is 29.3 Å². The number of thiazole rings is 1. The van der Waals surface area contributed by atoms with Gasteiger partial charge in [0.25, 0.3) is 5.91 Å². The van der Waals surface area contributed by atoms with E-state index in [1.807, 2.05) is 0 Å². The van der Waals surface area contributed by atoms with Crippen molar-refractivity contribution >= 4 is 28.3 Å². The van der Waals surface area contributed by atoms with Crippen molar-refractivity contribution in [2.24, 2.45) is 5.92 Å². The van der Waals surface area contributed by atoms with Crippen LogP contribution in [0.1, 0.15) is 45.8 Å². The number of nitriles is 1. The number of anilines is 1. The Morgan fingerprint density at radius 2 is 2.19 bits per heavy atom. The molecule has 0 saturated heterocycles. The Bertz CT molecular complexity index is 911. The average Bonchev–Trinajstić information content (AvgIpc) is 3.00. The molecule has 0 radical (unpaired) electrons. The van der Waals surface area contributed by atoms with E-state index < -0.39 is 0 Å². The van der Waals surface area contributed by atoms with E-state index in [4.69, 9.17) is 5.26 Å². The molecule has 0 atom stereocenters. The molecule has 7 heteroatoms. The van der Waals surface area contributed by atoms with Gasteiger partial charge in [0.15, 0.2) is 5.13 Å². The molecule has 0 unspecified atom stereocenters. The second-order valence-corrected chi connectivity index (χ2v) is 7.76. The van der Waals surface area contributed by atoms with Crippen LogP contribution in [-0.4, -0.2) is 28.2 Å². The zero-order chi connectivity index (χ0) is 18.1. The van der Waals surface area contributed by atoms with Crippen molar-refractivity contribution in [2.75, 3.05) is 11.9 Å². The minimum absolute atomic E-state index is 0.0589. The second kappa shape index (κ2) is 6.89. The Labute approximate surface area is 155 Å². The lowest BCUT2D eigenvalue weighted by Gasteiger charge is -2.26. The lowest BCUT2D eigenvalue weighted by atomic mass is 9.85. The third-order valence-corrected chi connectivity index (χ3v) is 5.96. The van der Waals surface area contributed by atoms with E-state index in [0.29, 0.717) is 35.8 Å². The second-order valence-electron chi connectivity index (χ2n) is 6.68. The highest BCUT2D eigenvalue weighted by Crippen LogP contribution is 2.31. The number of carbonyl (C=O) groups is 2. The first-order valence-corrected chi connectivity index (χ1v) is 9.54. The van der Waals surface area contributed by atoms with Gasteiger partial charge in [-0.15, -0.1) is 0 Å². The zero-order valence-corrected chi connectivity index (χ0v) is 15.0. The first-order chi connectivity index (χ1) is 12.6. The quantitative estimate of drug-likeness (QED) is 0.905. The summed E-state index contributed by atoms with van der Waals surface area (Å²) in [6.45, 7) is 1.07. The summed E-state index contributed by atoms with van der Waals surface area (Å²) in [7, 11) is 0. The summed E-state index contributed by atoms with van der Waals surface area (Å²) in [6.07, 6.45) is 3.72. The molecule has 0 bridgehead atoms. The number of benzene rings is 1. The van der Waals surface area contributed by atoms with Crippen molar-refractivity contribution in [3.05, 3.63) is 46.0 Å². The molecular weight excluding hydrogens is 348 g/mol. The fourth-order valence-corrected chi connectivity index (χ4v) is 4.23. The van der Waals surface area contributed by atoms with E-state index in [9.17, 15) is 9.59 Å².